The van der Waals surface area contributed by atoms with Crippen molar-refractivity contribution in [3.8, 4) is 0 Å². The van der Waals surface area contributed by atoms with Gasteiger partial charge < -0.3 is 10.4 Å². The summed E-state index contributed by atoms with van der Waals surface area (Å²) >= 11 is 2.02. The van der Waals surface area contributed by atoms with Crippen molar-refractivity contribution in [2.75, 3.05) is 5.32 Å². The maximum atomic E-state index is 13.8. The first-order valence-corrected chi connectivity index (χ1v) is 6.69. The Labute approximate surface area is 131 Å². The summed E-state index contributed by atoms with van der Waals surface area (Å²) in [5.41, 5.74) is -0.785. The summed E-state index contributed by atoms with van der Waals surface area (Å²) < 4.78 is 41.1. The van der Waals surface area contributed by atoms with Crippen molar-refractivity contribution < 1.29 is 23.1 Å². The highest BCUT2D eigenvalue weighted by Gasteiger charge is 2.23. The minimum absolute atomic E-state index is 0.155. The highest BCUT2D eigenvalue weighted by atomic mass is 127. The van der Waals surface area contributed by atoms with Crippen LogP contribution in [0, 0.1) is 27.9 Å². The van der Waals surface area contributed by atoms with Gasteiger partial charge in [-0.05, 0) is 47.2 Å². The van der Waals surface area contributed by atoms with Crippen LogP contribution in [0.4, 0.5) is 24.7 Å². The number of carboxylic acid groups (broad SMARTS) is 1. The molecule has 0 aliphatic rings. The second kappa shape index (κ2) is 5.88. The average molecular weight is 408 g/mol. The highest BCUT2D eigenvalue weighted by Crippen LogP contribution is 2.29. The number of aryl methyl sites for hydroxylation is 1. The number of pyridine rings is 1. The fraction of sp³-hybridized carbons (Fsp3) is 0.0769. The fourth-order valence-electron chi connectivity index (χ4n) is 1.68. The van der Waals surface area contributed by atoms with Gasteiger partial charge in [-0.25, -0.2) is 22.9 Å². The summed E-state index contributed by atoms with van der Waals surface area (Å²) in [7, 11) is 0. The van der Waals surface area contributed by atoms with Crippen LogP contribution < -0.4 is 5.32 Å². The number of hydrogen-bond acceptors (Lipinski definition) is 3. The molecule has 2 rings (SSSR count). The number of aromatic nitrogens is 1. The molecule has 0 saturated heterocycles. The molecule has 0 unspecified atom stereocenters. The lowest BCUT2D eigenvalue weighted by Crippen LogP contribution is -2.10. The van der Waals surface area contributed by atoms with E-state index in [0.29, 0.717) is 11.6 Å². The first kappa shape index (κ1) is 15.5. The molecule has 0 fully saturated rings. The van der Waals surface area contributed by atoms with Crippen molar-refractivity contribution in [1.82, 2.24) is 4.98 Å². The smallest absolute Gasteiger partial charge is 0.338 e. The van der Waals surface area contributed by atoms with Crippen LogP contribution in [0.25, 0.3) is 0 Å². The molecule has 0 spiro atoms. The van der Waals surface area contributed by atoms with Gasteiger partial charge in [0.05, 0.1) is 11.3 Å². The van der Waals surface area contributed by atoms with Gasteiger partial charge in [0.15, 0.2) is 17.5 Å². The van der Waals surface area contributed by atoms with Gasteiger partial charge in [-0.15, -0.1) is 0 Å². The Balaban J connectivity index is 2.57. The van der Waals surface area contributed by atoms with Gasteiger partial charge in [0.25, 0.3) is 0 Å². The number of halogens is 4. The van der Waals surface area contributed by atoms with Crippen LogP contribution in [0.2, 0.25) is 0 Å². The van der Waals surface area contributed by atoms with Crippen molar-refractivity contribution in [3.63, 3.8) is 0 Å². The normalized spacial score (nSPS) is 10.5. The Morgan fingerprint density at radius 1 is 1.29 bits per heavy atom. The molecule has 0 saturated carbocycles. The van der Waals surface area contributed by atoms with Crippen molar-refractivity contribution in [3.05, 3.63) is 50.5 Å². The van der Waals surface area contributed by atoms with Crippen LogP contribution in [0.5, 0.6) is 0 Å². The van der Waals surface area contributed by atoms with Crippen LogP contribution in [-0.4, -0.2) is 16.1 Å². The zero-order valence-electron chi connectivity index (χ0n) is 10.5. The Morgan fingerprint density at radius 3 is 2.52 bits per heavy atom. The van der Waals surface area contributed by atoms with Crippen molar-refractivity contribution in [2.45, 2.75) is 6.92 Å². The number of nitrogens with zero attached hydrogens (tertiary/aromatic N) is 1. The van der Waals surface area contributed by atoms with Gasteiger partial charge in [0.2, 0.25) is 0 Å². The van der Waals surface area contributed by atoms with Crippen molar-refractivity contribution >= 4 is 40.1 Å². The number of aromatic carboxylic acids is 1. The monoisotopic (exact) mass is 408 g/mol. The number of carbonyl (C=O) groups is 1. The SMILES string of the molecule is Cc1cc(I)cnc1Nc1c(C(=O)O)cc(F)c(F)c1F. The minimum atomic E-state index is -1.74. The summed E-state index contributed by atoms with van der Waals surface area (Å²) in [5.74, 6) is -6.35. The molecule has 0 aliphatic carbocycles. The molecule has 110 valence electrons. The minimum Gasteiger partial charge on any atom is -0.478 e. The van der Waals surface area contributed by atoms with E-state index < -0.39 is 34.7 Å². The van der Waals surface area contributed by atoms with Gasteiger partial charge in [-0.3, -0.25) is 0 Å². The standard InChI is InChI=1S/C13H8F3IN2O2/c1-5-2-6(17)4-18-12(5)19-11-7(13(20)21)3-8(14)9(15)10(11)16/h2-4H,1H3,(H,18,19)(H,20,21). The molecule has 4 nitrogen and oxygen atoms in total. The zero-order chi connectivity index (χ0) is 15.7. The lowest BCUT2D eigenvalue weighted by molar-refractivity contribution is 0.0696. The molecule has 0 atom stereocenters. The van der Waals surface area contributed by atoms with Crippen LogP contribution in [-0.2, 0) is 0 Å². The van der Waals surface area contributed by atoms with E-state index in [4.69, 9.17) is 5.11 Å². The Kier molecular flexibility index (Phi) is 4.35. The Bertz CT molecular complexity index is 738. The van der Waals surface area contributed by atoms with Crippen LogP contribution in [0.15, 0.2) is 18.3 Å². The van der Waals surface area contributed by atoms with E-state index in [1.165, 1.54) is 6.20 Å². The molecule has 0 radical (unpaired) electrons. The topological polar surface area (TPSA) is 62.2 Å². The van der Waals surface area contributed by atoms with Gasteiger partial charge in [0, 0.05) is 9.77 Å². The first-order chi connectivity index (χ1) is 9.81. The number of hydrogen-bond donors (Lipinski definition) is 2. The molecule has 21 heavy (non-hydrogen) atoms. The van der Waals surface area contributed by atoms with Gasteiger partial charge in [0.1, 0.15) is 5.82 Å². The molecule has 2 aromatic rings. The molecule has 2 N–H and O–H groups in total. The molecule has 1 heterocycles. The lowest BCUT2D eigenvalue weighted by atomic mass is 10.1. The number of carboxylic acids is 1. The van der Waals surface area contributed by atoms with Gasteiger partial charge in [-0.1, -0.05) is 0 Å². The predicted molar refractivity (Wildman–Crippen MR) is 78.2 cm³/mol. The maximum Gasteiger partial charge on any atom is 0.338 e. The summed E-state index contributed by atoms with van der Waals surface area (Å²) in [6.07, 6.45) is 1.47. The second-order valence-corrected chi connectivity index (χ2v) is 5.40. The van der Waals surface area contributed by atoms with E-state index in [-0.39, 0.29) is 5.82 Å². The molecule has 0 bridgehead atoms. The summed E-state index contributed by atoms with van der Waals surface area (Å²) in [6, 6.07) is 2.14. The maximum absolute atomic E-state index is 13.8. The molecule has 1 aromatic heterocycles. The second-order valence-electron chi connectivity index (χ2n) is 4.16. The first-order valence-electron chi connectivity index (χ1n) is 5.61. The highest BCUT2D eigenvalue weighted by molar-refractivity contribution is 14.1. The van der Waals surface area contributed by atoms with Crippen molar-refractivity contribution in [2.24, 2.45) is 0 Å². The third-order valence-corrected chi connectivity index (χ3v) is 3.27. The fourth-order valence-corrected chi connectivity index (χ4v) is 2.28. The molecule has 8 heteroatoms. The van der Waals surface area contributed by atoms with E-state index in [9.17, 15) is 18.0 Å². The van der Waals surface area contributed by atoms with Gasteiger partial charge >= 0.3 is 5.97 Å². The van der Waals surface area contributed by atoms with Gasteiger partial charge in [-0.2, -0.15) is 0 Å². The summed E-state index contributed by atoms with van der Waals surface area (Å²) in [6.45, 7) is 1.66. The number of anilines is 2. The third-order valence-electron chi connectivity index (χ3n) is 2.68. The van der Waals surface area contributed by atoms with E-state index in [0.717, 1.165) is 3.57 Å². The molecular formula is C13H8F3IN2O2. The van der Waals surface area contributed by atoms with E-state index >= 15 is 0 Å². The molecule has 0 aliphatic heterocycles. The van der Waals surface area contributed by atoms with E-state index in [2.05, 4.69) is 10.3 Å². The third kappa shape index (κ3) is 3.09. The Hall–Kier alpha value is -1.84. The molecular weight excluding hydrogens is 400 g/mol. The summed E-state index contributed by atoms with van der Waals surface area (Å²) in [5, 5.41) is 11.4. The summed E-state index contributed by atoms with van der Waals surface area (Å²) in [4.78, 5) is 15.0. The van der Waals surface area contributed by atoms with E-state index in [1.54, 1.807) is 13.0 Å². The predicted octanol–water partition coefficient (Wildman–Crippen LogP) is 3.85. The van der Waals surface area contributed by atoms with E-state index in [1.807, 2.05) is 22.6 Å². The number of nitrogens with one attached hydrogen (secondary N) is 1. The number of benzene rings is 1. The van der Waals surface area contributed by atoms with Crippen LogP contribution in [0.1, 0.15) is 15.9 Å². The van der Waals surface area contributed by atoms with Crippen LogP contribution >= 0.6 is 22.6 Å². The largest absolute Gasteiger partial charge is 0.478 e. The average Bonchev–Trinajstić information content (AvgIpc) is 2.41. The number of rotatable bonds is 3. The molecule has 0 amide bonds. The Morgan fingerprint density at radius 2 is 1.95 bits per heavy atom. The molecule has 1 aromatic carbocycles. The van der Waals surface area contributed by atoms with Crippen molar-refractivity contribution in [1.29, 1.82) is 0 Å². The van der Waals surface area contributed by atoms with Crippen LogP contribution in [0.3, 0.4) is 0 Å². The lowest BCUT2D eigenvalue weighted by Gasteiger charge is -2.13. The quantitative estimate of drug-likeness (QED) is 0.599. The zero-order valence-corrected chi connectivity index (χ0v) is 12.7.